The molecule has 14 heavy (non-hydrogen) atoms. The van der Waals surface area contributed by atoms with Gasteiger partial charge in [-0.25, -0.2) is 0 Å². The first-order valence-corrected chi connectivity index (χ1v) is 5.77. The summed E-state index contributed by atoms with van der Waals surface area (Å²) in [7, 11) is 0. The predicted octanol–water partition coefficient (Wildman–Crippen LogP) is 0.602. The van der Waals surface area contributed by atoms with E-state index >= 15 is 0 Å². The normalized spacial score (nSPS) is 45.6. The second-order valence-corrected chi connectivity index (χ2v) is 5.00. The number of aliphatic hydroxyl groups is 2. The van der Waals surface area contributed by atoms with Crippen molar-refractivity contribution in [2.45, 2.75) is 50.9 Å². The van der Waals surface area contributed by atoms with Crippen LogP contribution < -0.4 is 0 Å². The second-order valence-electron chi connectivity index (χ2n) is 5.00. The molecule has 0 aromatic carbocycles. The number of hydrogen-bond donors (Lipinski definition) is 2. The minimum absolute atomic E-state index is 0.519. The van der Waals surface area contributed by atoms with Crippen molar-refractivity contribution in [2.24, 2.45) is 5.92 Å². The fourth-order valence-corrected chi connectivity index (χ4v) is 2.70. The van der Waals surface area contributed by atoms with E-state index in [2.05, 4.69) is 11.8 Å². The van der Waals surface area contributed by atoms with Gasteiger partial charge in [0.15, 0.2) is 0 Å². The molecule has 1 saturated carbocycles. The van der Waals surface area contributed by atoms with Crippen molar-refractivity contribution in [3.05, 3.63) is 0 Å². The lowest BCUT2D eigenvalue weighted by Gasteiger charge is -2.33. The van der Waals surface area contributed by atoms with Crippen molar-refractivity contribution in [2.75, 3.05) is 13.1 Å². The maximum Gasteiger partial charge on any atom is 0.0938 e. The third-order valence-electron chi connectivity index (χ3n) is 3.79. The molecule has 82 valence electrons. The first-order valence-electron chi connectivity index (χ1n) is 5.77. The van der Waals surface area contributed by atoms with Crippen molar-refractivity contribution in [1.82, 2.24) is 4.90 Å². The molecular formula is C11H21NO2. The van der Waals surface area contributed by atoms with Gasteiger partial charge >= 0.3 is 0 Å². The Labute approximate surface area is 85.7 Å². The lowest BCUT2D eigenvalue weighted by Crippen LogP contribution is -2.37. The quantitative estimate of drug-likeness (QED) is 0.650. The van der Waals surface area contributed by atoms with Crippen molar-refractivity contribution < 1.29 is 10.2 Å². The van der Waals surface area contributed by atoms with Crippen LogP contribution in [0.3, 0.4) is 0 Å². The van der Waals surface area contributed by atoms with Crippen molar-refractivity contribution in [1.29, 1.82) is 0 Å². The zero-order chi connectivity index (χ0) is 10.1. The molecule has 0 radical (unpaired) electrons. The van der Waals surface area contributed by atoms with Crippen LogP contribution in [0.2, 0.25) is 0 Å². The van der Waals surface area contributed by atoms with E-state index in [4.69, 9.17) is 0 Å². The molecule has 0 spiro atoms. The first kappa shape index (κ1) is 10.4. The monoisotopic (exact) mass is 199 g/mol. The van der Waals surface area contributed by atoms with Crippen LogP contribution in [0.25, 0.3) is 0 Å². The number of nitrogens with zero attached hydrogens (tertiary/aromatic N) is 1. The minimum atomic E-state index is -0.519. The Kier molecular flexibility index (Phi) is 3.10. The molecular weight excluding hydrogens is 178 g/mol. The van der Waals surface area contributed by atoms with Gasteiger partial charge in [0, 0.05) is 19.1 Å². The predicted molar refractivity (Wildman–Crippen MR) is 55.0 cm³/mol. The van der Waals surface area contributed by atoms with Gasteiger partial charge in [-0.05, 0) is 31.6 Å². The summed E-state index contributed by atoms with van der Waals surface area (Å²) < 4.78 is 0. The fourth-order valence-electron chi connectivity index (χ4n) is 2.70. The molecule has 3 nitrogen and oxygen atoms in total. The Hall–Kier alpha value is -0.120. The highest BCUT2D eigenvalue weighted by Gasteiger charge is 2.34. The summed E-state index contributed by atoms with van der Waals surface area (Å²) in [6.45, 7) is 3.64. The highest BCUT2D eigenvalue weighted by Crippen LogP contribution is 2.29. The number of likely N-dealkylation sites (tertiary alicyclic amines) is 1. The van der Waals surface area contributed by atoms with E-state index in [-0.39, 0.29) is 0 Å². The summed E-state index contributed by atoms with van der Waals surface area (Å²) in [5.74, 6) is 0.865. The molecule has 0 aromatic heterocycles. The maximum absolute atomic E-state index is 9.46. The summed E-state index contributed by atoms with van der Waals surface area (Å²) in [6.07, 6.45) is 4.03. The molecule has 0 bridgehead atoms. The maximum atomic E-state index is 9.46. The molecule has 0 aromatic rings. The summed E-state index contributed by atoms with van der Waals surface area (Å²) in [5, 5.41) is 18.9. The van der Waals surface area contributed by atoms with Crippen LogP contribution in [0.5, 0.6) is 0 Å². The van der Waals surface area contributed by atoms with Gasteiger partial charge in [-0.3, -0.25) is 4.90 Å². The van der Waals surface area contributed by atoms with Gasteiger partial charge in [-0.1, -0.05) is 6.92 Å². The van der Waals surface area contributed by atoms with Crippen LogP contribution in [0, 0.1) is 5.92 Å². The van der Waals surface area contributed by atoms with Gasteiger partial charge in [-0.2, -0.15) is 0 Å². The smallest absolute Gasteiger partial charge is 0.0938 e. The standard InChI is InChI=1S/C11H21NO2/c1-8-2-4-9(5-3-8)12-6-10(13)11(14)7-12/h8-11,13-14H,2-7H2,1H3/t8?,9?,10-,11-/m0/s1. The van der Waals surface area contributed by atoms with Crippen molar-refractivity contribution >= 4 is 0 Å². The van der Waals surface area contributed by atoms with E-state index in [1.165, 1.54) is 25.7 Å². The van der Waals surface area contributed by atoms with Crippen LogP contribution in [-0.2, 0) is 0 Å². The van der Waals surface area contributed by atoms with Gasteiger partial charge in [0.1, 0.15) is 0 Å². The lowest BCUT2D eigenvalue weighted by molar-refractivity contribution is 0.0572. The minimum Gasteiger partial charge on any atom is -0.389 e. The zero-order valence-corrected chi connectivity index (χ0v) is 8.89. The average Bonchev–Trinajstić information content (AvgIpc) is 2.48. The SMILES string of the molecule is CC1CCC(N2C[C@H](O)[C@@H](O)C2)CC1. The Morgan fingerprint density at radius 2 is 1.43 bits per heavy atom. The number of hydrogen-bond acceptors (Lipinski definition) is 3. The van der Waals surface area contributed by atoms with Gasteiger partial charge in [0.2, 0.25) is 0 Å². The molecule has 0 unspecified atom stereocenters. The van der Waals surface area contributed by atoms with Crippen LogP contribution in [0.1, 0.15) is 32.6 Å². The van der Waals surface area contributed by atoms with Crippen LogP contribution in [-0.4, -0.2) is 46.5 Å². The van der Waals surface area contributed by atoms with Crippen LogP contribution in [0.15, 0.2) is 0 Å². The third-order valence-corrected chi connectivity index (χ3v) is 3.79. The summed E-state index contributed by atoms with van der Waals surface area (Å²) in [5.41, 5.74) is 0. The fraction of sp³-hybridized carbons (Fsp3) is 1.00. The largest absolute Gasteiger partial charge is 0.389 e. The van der Waals surface area contributed by atoms with E-state index in [9.17, 15) is 10.2 Å². The molecule has 2 atom stereocenters. The van der Waals surface area contributed by atoms with Crippen molar-refractivity contribution in [3.8, 4) is 0 Å². The molecule has 1 heterocycles. The average molecular weight is 199 g/mol. The van der Waals surface area contributed by atoms with E-state index in [0.717, 1.165) is 5.92 Å². The van der Waals surface area contributed by atoms with E-state index < -0.39 is 12.2 Å². The molecule has 1 aliphatic heterocycles. The zero-order valence-electron chi connectivity index (χ0n) is 8.89. The van der Waals surface area contributed by atoms with E-state index in [0.29, 0.717) is 19.1 Å². The topological polar surface area (TPSA) is 43.7 Å². The Bertz CT molecular complexity index is 180. The summed E-state index contributed by atoms with van der Waals surface area (Å²) in [6, 6.07) is 0.609. The molecule has 2 N–H and O–H groups in total. The number of aliphatic hydroxyl groups excluding tert-OH is 2. The highest BCUT2D eigenvalue weighted by molar-refractivity contribution is 4.89. The van der Waals surface area contributed by atoms with Gasteiger partial charge in [0.05, 0.1) is 12.2 Å². The highest BCUT2D eigenvalue weighted by atomic mass is 16.3. The van der Waals surface area contributed by atoms with Gasteiger partial charge in [0.25, 0.3) is 0 Å². The van der Waals surface area contributed by atoms with Gasteiger partial charge < -0.3 is 10.2 Å². The molecule has 1 saturated heterocycles. The number of rotatable bonds is 1. The molecule has 1 aliphatic carbocycles. The van der Waals surface area contributed by atoms with Crippen LogP contribution in [0.4, 0.5) is 0 Å². The lowest BCUT2D eigenvalue weighted by atomic mass is 9.87. The Morgan fingerprint density at radius 3 is 1.93 bits per heavy atom. The molecule has 2 rings (SSSR count). The molecule has 3 heteroatoms. The second kappa shape index (κ2) is 4.17. The summed E-state index contributed by atoms with van der Waals surface area (Å²) in [4.78, 5) is 2.27. The van der Waals surface area contributed by atoms with Crippen molar-refractivity contribution in [3.63, 3.8) is 0 Å². The number of β-amino-alcohol motifs (C(OH)–C–C–N with tert-alkyl or cyclic N) is 2. The van der Waals surface area contributed by atoms with Crippen LogP contribution >= 0.6 is 0 Å². The molecule has 0 amide bonds. The summed E-state index contributed by atoms with van der Waals surface area (Å²) >= 11 is 0. The van der Waals surface area contributed by atoms with Gasteiger partial charge in [-0.15, -0.1) is 0 Å². The van der Waals surface area contributed by atoms with E-state index in [1.807, 2.05) is 0 Å². The first-order chi connectivity index (χ1) is 6.66. The Balaban J connectivity index is 1.85. The Morgan fingerprint density at radius 1 is 0.929 bits per heavy atom. The molecule has 2 fully saturated rings. The van der Waals surface area contributed by atoms with E-state index in [1.54, 1.807) is 0 Å². The molecule has 2 aliphatic rings. The third kappa shape index (κ3) is 2.10.